The molecule has 2 N–H and O–H groups in total. The van der Waals surface area contributed by atoms with E-state index in [-0.39, 0.29) is 17.3 Å². The number of aromatic nitrogens is 1. The number of hydrogen-bond donors (Lipinski definition) is 2. The number of halogens is 6. The molecule has 1 aliphatic rings. The highest BCUT2D eigenvalue weighted by molar-refractivity contribution is 5.95. The minimum atomic E-state index is -4.94. The summed E-state index contributed by atoms with van der Waals surface area (Å²) in [6, 6.07) is 17.9. The maximum Gasteiger partial charge on any atom is 0.416 e. The Hall–Kier alpha value is -3.59. The van der Waals surface area contributed by atoms with E-state index in [1.165, 1.54) is 6.07 Å². The molecule has 0 aliphatic carbocycles. The quantitative estimate of drug-likeness (QED) is 0.256. The molecule has 0 radical (unpaired) electrons. The van der Waals surface area contributed by atoms with E-state index in [9.17, 15) is 26.3 Å². The first-order valence-corrected chi connectivity index (χ1v) is 12.3. The zero-order chi connectivity index (χ0) is 26.9. The number of hydrogen-bond acceptors (Lipinski definition) is 3. The molecule has 38 heavy (non-hydrogen) atoms. The van der Waals surface area contributed by atoms with Crippen LogP contribution in [0.1, 0.15) is 29.5 Å². The maximum atomic E-state index is 13.5. The highest BCUT2D eigenvalue weighted by Crippen LogP contribution is 2.39. The molecule has 1 saturated heterocycles. The summed E-state index contributed by atoms with van der Waals surface area (Å²) >= 11 is 0. The Morgan fingerprint density at radius 3 is 2.16 bits per heavy atom. The average molecular weight is 530 g/mol. The molecule has 1 aromatic heterocycles. The fourth-order valence-corrected chi connectivity index (χ4v) is 4.88. The molecule has 0 bridgehead atoms. The van der Waals surface area contributed by atoms with Crippen LogP contribution in [0.4, 0.5) is 37.7 Å². The van der Waals surface area contributed by atoms with Crippen LogP contribution in [0.15, 0.2) is 72.8 Å². The molecule has 0 amide bonds. The second kappa shape index (κ2) is 10.3. The molecular weight excluding hydrogens is 504 g/mol. The van der Waals surface area contributed by atoms with Crippen LogP contribution in [0.5, 0.6) is 0 Å². The third kappa shape index (κ3) is 5.93. The summed E-state index contributed by atoms with van der Waals surface area (Å²) in [4.78, 5) is 4.41. The summed E-state index contributed by atoms with van der Waals surface area (Å²) in [6.45, 7) is 2.00. The van der Waals surface area contributed by atoms with Gasteiger partial charge in [0.05, 0.1) is 28.0 Å². The largest absolute Gasteiger partial charge is 0.416 e. The molecule has 1 aliphatic heterocycles. The van der Waals surface area contributed by atoms with Gasteiger partial charge in [0, 0.05) is 16.6 Å². The number of benzene rings is 3. The number of fused-ring (bicyclic) bond motifs is 1. The first-order chi connectivity index (χ1) is 18.1. The molecule has 0 saturated carbocycles. The van der Waals surface area contributed by atoms with Gasteiger partial charge in [0.15, 0.2) is 0 Å². The van der Waals surface area contributed by atoms with Gasteiger partial charge in [-0.3, -0.25) is 0 Å². The number of alkyl halides is 6. The number of piperidine rings is 1. The van der Waals surface area contributed by atoms with Crippen molar-refractivity contribution in [3.05, 3.63) is 89.5 Å². The monoisotopic (exact) mass is 529 g/mol. The third-order valence-corrected chi connectivity index (χ3v) is 6.79. The predicted octanol–water partition coefficient (Wildman–Crippen LogP) is 8.23. The van der Waals surface area contributed by atoms with Crippen LogP contribution in [-0.4, -0.2) is 18.1 Å². The Labute approximate surface area is 215 Å². The van der Waals surface area contributed by atoms with Crippen molar-refractivity contribution in [2.75, 3.05) is 18.4 Å². The van der Waals surface area contributed by atoms with Gasteiger partial charge in [0.25, 0.3) is 0 Å². The molecule has 1 fully saturated rings. The number of pyridine rings is 1. The lowest BCUT2D eigenvalue weighted by Crippen LogP contribution is -2.28. The highest BCUT2D eigenvalue weighted by Gasteiger charge is 2.37. The van der Waals surface area contributed by atoms with E-state index < -0.39 is 23.5 Å². The molecular formula is C29H25F6N3. The van der Waals surface area contributed by atoms with E-state index in [0.29, 0.717) is 34.6 Å². The number of nitrogens with zero attached hydrogens (tertiary/aromatic N) is 1. The Kier molecular flexibility index (Phi) is 7.05. The smallest absolute Gasteiger partial charge is 0.355 e. The molecule has 3 aromatic carbocycles. The standard InChI is InChI=1S/C29H25F6N3/c30-28(31,32)21-14-20(15-22(16-21)29(33,34)35)26-17-27(24-6-1-2-7-25(24)38-26)37-23-5-3-4-19(13-23)12-18-8-10-36-11-9-18/h1-7,13-18,36H,8-12H2,(H,37,38). The number of nitrogens with one attached hydrogen (secondary N) is 2. The molecule has 0 atom stereocenters. The summed E-state index contributed by atoms with van der Waals surface area (Å²) in [5, 5.41) is 7.39. The minimum absolute atomic E-state index is 0.00802. The molecule has 2 heterocycles. The van der Waals surface area contributed by atoms with Gasteiger partial charge >= 0.3 is 12.4 Å². The van der Waals surface area contributed by atoms with Crippen LogP contribution in [0.25, 0.3) is 22.2 Å². The summed E-state index contributed by atoms with van der Waals surface area (Å²) in [5.74, 6) is 0.587. The summed E-state index contributed by atoms with van der Waals surface area (Å²) in [6.07, 6.45) is -6.74. The zero-order valence-electron chi connectivity index (χ0n) is 20.3. The summed E-state index contributed by atoms with van der Waals surface area (Å²) < 4.78 is 80.8. The van der Waals surface area contributed by atoms with Crippen molar-refractivity contribution >= 4 is 22.3 Å². The van der Waals surface area contributed by atoms with E-state index in [4.69, 9.17) is 0 Å². The highest BCUT2D eigenvalue weighted by atomic mass is 19.4. The SMILES string of the molecule is FC(F)(F)c1cc(-c2cc(Nc3cccc(CC4CCNCC4)c3)c3ccccc3n2)cc(C(F)(F)F)c1. The molecule has 9 heteroatoms. The third-order valence-electron chi connectivity index (χ3n) is 6.79. The van der Waals surface area contributed by atoms with Gasteiger partial charge in [0.1, 0.15) is 0 Å². The van der Waals surface area contributed by atoms with Crippen molar-refractivity contribution in [3.63, 3.8) is 0 Å². The fourth-order valence-electron chi connectivity index (χ4n) is 4.88. The van der Waals surface area contributed by atoms with Crippen LogP contribution >= 0.6 is 0 Å². The van der Waals surface area contributed by atoms with Gasteiger partial charge in [-0.2, -0.15) is 26.3 Å². The Balaban J connectivity index is 1.55. The van der Waals surface area contributed by atoms with E-state index in [0.717, 1.165) is 43.6 Å². The van der Waals surface area contributed by atoms with Crippen molar-refractivity contribution in [1.82, 2.24) is 10.3 Å². The van der Waals surface area contributed by atoms with Crippen molar-refractivity contribution in [3.8, 4) is 11.3 Å². The van der Waals surface area contributed by atoms with Gasteiger partial charge in [-0.25, -0.2) is 4.98 Å². The molecule has 0 unspecified atom stereocenters. The predicted molar refractivity (Wildman–Crippen MR) is 136 cm³/mol. The van der Waals surface area contributed by atoms with E-state index in [1.807, 2.05) is 18.2 Å². The van der Waals surface area contributed by atoms with Crippen molar-refractivity contribution in [1.29, 1.82) is 0 Å². The van der Waals surface area contributed by atoms with Crippen LogP contribution in [0.3, 0.4) is 0 Å². The van der Waals surface area contributed by atoms with Crippen LogP contribution in [0.2, 0.25) is 0 Å². The number of rotatable bonds is 5. The lowest BCUT2D eigenvalue weighted by molar-refractivity contribution is -0.143. The maximum absolute atomic E-state index is 13.5. The second-order valence-electron chi connectivity index (χ2n) is 9.59. The van der Waals surface area contributed by atoms with Crippen molar-refractivity contribution in [2.45, 2.75) is 31.6 Å². The van der Waals surface area contributed by atoms with Crippen LogP contribution in [-0.2, 0) is 18.8 Å². The lowest BCUT2D eigenvalue weighted by Gasteiger charge is -2.22. The van der Waals surface area contributed by atoms with Gasteiger partial charge < -0.3 is 10.6 Å². The van der Waals surface area contributed by atoms with Crippen molar-refractivity contribution < 1.29 is 26.3 Å². The van der Waals surface area contributed by atoms with Crippen molar-refractivity contribution in [2.24, 2.45) is 5.92 Å². The Morgan fingerprint density at radius 2 is 1.47 bits per heavy atom. The van der Waals surface area contributed by atoms with Gasteiger partial charge in [-0.05, 0) is 86.3 Å². The minimum Gasteiger partial charge on any atom is -0.355 e. The van der Waals surface area contributed by atoms with Gasteiger partial charge in [0.2, 0.25) is 0 Å². The van der Waals surface area contributed by atoms with Crippen LogP contribution < -0.4 is 10.6 Å². The molecule has 3 nitrogen and oxygen atoms in total. The molecule has 4 aromatic rings. The Bertz CT molecular complexity index is 1410. The van der Waals surface area contributed by atoms with E-state index >= 15 is 0 Å². The first kappa shape index (κ1) is 26.0. The molecule has 5 rings (SSSR count). The topological polar surface area (TPSA) is 37.0 Å². The Morgan fingerprint density at radius 1 is 0.789 bits per heavy atom. The fraction of sp³-hybridized carbons (Fsp3) is 0.276. The number of anilines is 2. The van der Waals surface area contributed by atoms with Gasteiger partial charge in [-0.1, -0.05) is 30.3 Å². The number of para-hydroxylation sites is 1. The first-order valence-electron chi connectivity index (χ1n) is 12.3. The second-order valence-corrected chi connectivity index (χ2v) is 9.59. The van der Waals surface area contributed by atoms with E-state index in [2.05, 4.69) is 21.7 Å². The average Bonchev–Trinajstić information content (AvgIpc) is 2.88. The molecule has 198 valence electrons. The summed E-state index contributed by atoms with van der Waals surface area (Å²) in [7, 11) is 0. The lowest BCUT2D eigenvalue weighted by atomic mass is 9.91. The molecule has 0 spiro atoms. The summed E-state index contributed by atoms with van der Waals surface area (Å²) in [5.41, 5.74) is -0.0871. The van der Waals surface area contributed by atoms with Crippen LogP contribution in [0, 0.1) is 5.92 Å². The van der Waals surface area contributed by atoms with Gasteiger partial charge in [-0.15, -0.1) is 0 Å². The normalized spacial score (nSPS) is 15.1. The zero-order valence-corrected chi connectivity index (χ0v) is 20.3. The van der Waals surface area contributed by atoms with E-state index in [1.54, 1.807) is 24.3 Å².